The Bertz CT molecular complexity index is 1280. The third-order valence-electron chi connectivity index (χ3n) is 5.27. The van der Waals surface area contributed by atoms with Crippen molar-refractivity contribution in [3.05, 3.63) is 81.2 Å². The van der Waals surface area contributed by atoms with Crippen LogP contribution in [0.4, 0.5) is 4.79 Å². The lowest BCUT2D eigenvalue weighted by Crippen LogP contribution is -2.42. The third kappa shape index (κ3) is 4.82. The van der Waals surface area contributed by atoms with Crippen LogP contribution in [-0.2, 0) is 20.9 Å². The van der Waals surface area contributed by atoms with Gasteiger partial charge in [-0.25, -0.2) is 4.79 Å². The van der Waals surface area contributed by atoms with Crippen molar-refractivity contribution in [2.24, 2.45) is 0 Å². The summed E-state index contributed by atoms with van der Waals surface area (Å²) in [4.78, 5) is 38.2. The average Bonchev–Trinajstić information content (AvgIpc) is 3.10. The molecule has 0 spiro atoms. The number of methoxy groups -OCH3 is 1. The van der Waals surface area contributed by atoms with E-state index in [9.17, 15) is 14.4 Å². The molecule has 0 saturated carbocycles. The summed E-state index contributed by atoms with van der Waals surface area (Å²) >= 11 is 4.23. The number of hydrogen-bond donors (Lipinski definition) is 0. The molecule has 1 saturated heterocycles. The van der Waals surface area contributed by atoms with Crippen LogP contribution in [0.15, 0.2) is 70.0 Å². The molecule has 4 rings (SSSR count). The zero-order chi connectivity index (χ0) is 23.5. The Hall–Kier alpha value is -3.10. The first kappa shape index (κ1) is 23.1. The molecule has 1 aliphatic heterocycles. The Balaban J connectivity index is 1.61. The van der Waals surface area contributed by atoms with Crippen LogP contribution >= 0.6 is 27.7 Å². The molecule has 1 heterocycles. The first-order chi connectivity index (χ1) is 15.9. The number of rotatable bonds is 6. The monoisotopic (exact) mass is 525 g/mol. The van der Waals surface area contributed by atoms with Gasteiger partial charge in [0.2, 0.25) is 0 Å². The number of halogens is 1. The van der Waals surface area contributed by atoms with Crippen LogP contribution in [0.25, 0.3) is 16.8 Å². The Morgan fingerprint density at radius 1 is 1.12 bits per heavy atom. The predicted molar refractivity (Wildman–Crippen MR) is 132 cm³/mol. The second-order valence-electron chi connectivity index (χ2n) is 7.36. The molecular formula is C25H20BrNO5S. The highest BCUT2D eigenvalue weighted by Crippen LogP contribution is 2.36. The van der Waals surface area contributed by atoms with Crippen molar-refractivity contribution in [3.63, 3.8) is 0 Å². The summed E-state index contributed by atoms with van der Waals surface area (Å²) in [6.45, 7) is 1.80. The van der Waals surface area contributed by atoms with Crippen molar-refractivity contribution < 1.29 is 23.9 Å². The van der Waals surface area contributed by atoms with Gasteiger partial charge in [-0.1, -0.05) is 58.4 Å². The number of thioether (sulfide) groups is 1. The minimum atomic E-state index is -1.00. The first-order valence-electron chi connectivity index (χ1n) is 10.1. The number of amides is 2. The molecule has 1 aliphatic rings. The summed E-state index contributed by atoms with van der Waals surface area (Å²) < 4.78 is 11.6. The summed E-state index contributed by atoms with van der Waals surface area (Å²) in [6, 6.07) is 18.6. The van der Waals surface area contributed by atoms with E-state index in [1.165, 1.54) is 14.0 Å². The highest BCUT2D eigenvalue weighted by Gasteiger charge is 2.41. The van der Waals surface area contributed by atoms with E-state index >= 15 is 0 Å². The number of benzene rings is 3. The number of ether oxygens (including phenoxy) is 2. The molecule has 33 heavy (non-hydrogen) atoms. The predicted octanol–water partition coefficient (Wildman–Crippen LogP) is 5.78. The minimum absolute atomic E-state index is 0.212. The molecule has 0 radical (unpaired) electrons. The van der Waals surface area contributed by atoms with Crippen LogP contribution in [0.5, 0.6) is 5.75 Å². The highest BCUT2D eigenvalue weighted by molar-refractivity contribution is 9.10. The van der Waals surface area contributed by atoms with Gasteiger partial charge in [-0.3, -0.25) is 14.5 Å². The number of imide groups is 1. The van der Waals surface area contributed by atoms with E-state index < -0.39 is 23.2 Å². The van der Waals surface area contributed by atoms with Crippen LogP contribution in [0.3, 0.4) is 0 Å². The van der Waals surface area contributed by atoms with Crippen LogP contribution in [0.2, 0.25) is 0 Å². The van der Waals surface area contributed by atoms with E-state index in [-0.39, 0.29) is 4.91 Å². The number of carbonyl (C=O) groups excluding carboxylic acids is 3. The van der Waals surface area contributed by atoms with E-state index in [0.717, 1.165) is 37.5 Å². The number of esters is 1. The molecule has 3 aromatic carbocycles. The van der Waals surface area contributed by atoms with Crippen molar-refractivity contribution in [2.45, 2.75) is 19.6 Å². The maximum absolute atomic E-state index is 12.9. The molecule has 0 aliphatic carbocycles. The van der Waals surface area contributed by atoms with Gasteiger partial charge in [0.05, 0.1) is 12.0 Å². The fourth-order valence-corrected chi connectivity index (χ4v) is 4.85. The van der Waals surface area contributed by atoms with E-state index in [4.69, 9.17) is 4.74 Å². The number of hydrogen-bond acceptors (Lipinski definition) is 6. The Kier molecular flexibility index (Phi) is 6.85. The van der Waals surface area contributed by atoms with Crippen molar-refractivity contribution in [1.29, 1.82) is 0 Å². The molecule has 1 fully saturated rings. The first-order valence-corrected chi connectivity index (χ1v) is 11.7. The van der Waals surface area contributed by atoms with E-state index in [1.807, 2.05) is 42.5 Å². The molecule has 3 aromatic rings. The second-order valence-corrected chi connectivity index (χ2v) is 9.27. The second kappa shape index (κ2) is 9.80. The molecular weight excluding hydrogens is 506 g/mol. The molecule has 8 heteroatoms. The summed E-state index contributed by atoms with van der Waals surface area (Å²) in [5.41, 5.74) is 1.68. The SMILES string of the molecule is COC(=O)[C@H](C)N1C(=O)S/C(=C/c2cc(Br)ccc2OCc2cccc3ccccc23)C1=O. The molecule has 0 bridgehead atoms. The van der Waals surface area contributed by atoms with Gasteiger partial charge >= 0.3 is 5.97 Å². The zero-order valence-electron chi connectivity index (χ0n) is 17.9. The van der Waals surface area contributed by atoms with Gasteiger partial charge in [0, 0.05) is 10.0 Å². The van der Waals surface area contributed by atoms with Gasteiger partial charge in [0.25, 0.3) is 11.1 Å². The van der Waals surface area contributed by atoms with E-state index in [1.54, 1.807) is 6.08 Å². The molecule has 2 amide bonds. The number of fused-ring (bicyclic) bond motifs is 1. The van der Waals surface area contributed by atoms with Gasteiger partial charge in [-0.15, -0.1) is 0 Å². The van der Waals surface area contributed by atoms with Gasteiger partial charge in [-0.2, -0.15) is 0 Å². The van der Waals surface area contributed by atoms with Gasteiger partial charge in [-0.05, 0) is 59.3 Å². The van der Waals surface area contributed by atoms with Crippen molar-refractivity contribution in [1.82, 2.24) is 4.90 Å². The maximum atomic E-state index is 12.9. The van der Waals surface area contributed by atoms with Crippen molar-refractivity contribution in [2.75, 3.05) is 7.11 Å². The normalized spacial score (nSPS) is 15.8. The van der Waals surface area contributed by atoms with E-state index in [0.29, 0.717) is 17.9 Å². The maximum Gasteiger partial charge on any atom is 0.328 e. The van der Waals surface area contributed by atoms with E-state index in [2.05, 4.69) is 38.9 Å². The summed E-state index contributed by atoms with van der Waals surface area (Å²) in [5.74, 6) is -0.623. The molecule has 1 atom stereocenters. The lowest BCUT2D eigenvalue weighted by Gasteiger charge is -2.18. The highest BCUT2D eigenvalue weighted by atomic mass is 79.9. The van der Waals surface area contributed by atoms with Crippen LogP contribution in [0.1, 0.15) is 18.1 Å². The molecule has 0 N–H and O–H groups in total. The van der Waals surface area contributed by atoms with Crippen molar-refractivity contribution in [3.8, 4) is 5.75 Å². The molecule has 0 unspecified atom stereocenters. The Morgan fingerprint density at radius 3 is 2.67 bits per heavy atom. The van der Waals surface area contributed by atoms with Crippen LogP contribution in [-0.4, -0.2) is 35.2 Å². The van der Waals surface area contributed by atoms with Crippen LogP contribution in [0, 0.1) is 0 Å². The average molecular weight is 526 g/mol. The lowest BCUT2D eigenvalue weighted by molar-refractivity contribution is -0.148. The smallest absolute Gasteiger partial charge is 0.328 e. The zero-order valence-corrected chi connectivity index (χ0v) is 20.3. The summed E-state index contributed by atoms with van der Waals surface area (Å²) in [6.07, 6.45) is 1.61. The standard InChI is InChI=1S/C25H20BrNO5S/c1-15(24(29)31-2)27-23(28)22(33-25(27)30)13-18-12-19(26)10-11-21(18)32-14-17-8-5-7-16-6-3-4-9-20(16)17/h3-13,15H,14H2,1-2H3/b22-13+/t15-/m0/s1. The molecule has 168 valence electrons. The quantitative estimate of drug-likeness (QED) is 0.300. The summed E-state index contributed by atoms with van der Waals surface area (Å²) in [5, 5.41) is 1.72. The van der Waals surface area contributed by atoms with Crippen LogP contribution < -0.4 is 4.74 Å². The fourth-order valence-electron chi connectivity index (χ4n) is 3.57. The van der Waals surface area contributed by atoms with Crippen molar-refractivity contribution >= 4 is 61.7 Å². The number of nitrogens with zero attached hydrogens (tertiary/aromatic N) is 1. The third-order valence-corrected chi connectivity index (χ3v) is 6.65. The van der Waals surface area contributed by atoms with Gasteiger partial charge < -0.3 is 9.47 Å². The van der Waals surface area contributed by atoms with Gasteiger partial charge in [0.15, 0.2) is 0 Å². The topological polar surface area (TPSA) is 72.9 Å². The molecule has 0 aromatic heterocycles. The fraction of sp³-hybridized carbons (Fsp3) is 0.160. The van der Waals surface area contributed by atoms with Gasteiger partial charge in [0.1, 0.15) is 18.4 Å². The minimum Gasteiger partial charge on any atom is -0.488 e. The Morgan fingerprint density at radius 2 is 1.88 bits per heavy atom. The Labute approximate surface area is 203 Å². The molecule has 6 nitrogen and oxygen atoms in total. The lowest BCUT2D eigenvalue weighted by atomic mass is 10.1. The largest absolute Gasteiger partial charge is 0.488 e. The number of carbonyl (C=O) groups is 3. The summed E-state index contributed by atoms with van der Waals surface area (Å²) in [7, 11) is 1.22.